The third-order valence-corrected chi connectivity index (χ3v) is 8.21. The minimum Gasteiger partial charge on any atom is -0.339 e. The van der Waals surface area contributed by atoms with E-state index in [0.29, 0.717) is 35.6 Å². The van der Waals surface area contributed by atoms with Crippen LogP contribution in [0.3, 0.4) is 0 Å². The number of rotatable bonds is 9. The van der Waals surface area contributed by atoms with Crippen molar-refractivity contribution in [2.24, 2.45) is 0 Å². The molecule has 0 spiro atoms. The van der Waals surface area contributed by atoms with Gasteiger partial charge < -0.3 is 10.2 Å². The van der Waals surface area contributed by atoms with Gasteiger partial charge in [-0.2, -0.15) is 0 Å². The van der Waals surface area contributed by atoms with E-state index in [9.17, 15) is 18.0 Å². The number of nitrogens with zero attached hydrogens (tertiary/aromatic N) is 2. The molecule has 0 radical (unpaired) electrons. The first kappa shape index (κ1) is 26.3. The van der Waals surface area contributed by atoms with Gasteiger partial charge in [0.2, 0.25) is 0 Å². The Morgan fingerprint density at radius 1 is 0.886 bits per heavy atom. The lowest BCUT2D eigenvalue weighted by Crippen LogP contribution is -2.31. The van der Waals surface area contributed by atoms with Crippen LogP contribution in [0.4, 0.5) is 11.4 Å². The van der Waals surface area contributed by atoms with Crippen LogP contribution in [0.25, 0.3) is 0 Å². The molecular formula is C26H29N3O4S2. The van der Waals surface area contributed by atoms with Gasteiger partial charge >= 0.3 is 0 Å². The van der Waals surface area contributed by atoms with Crippen molar-refractivity contribution >= 4 is 45.0 Å². The zero-order valence-electron chi connectivity index (χ0n) is 20.2. The molecule has 0 saturated heterocycles. The number of para-hydroxylation sites is 1. The summed E-state index contributed by atoms with van der Waals surface area (Å²) in [4.78, 5) is 28.6. The topological polar surface area (TPSA) is 86.8 Å². The van der Waals surface area contributed by atoms with Gasteiger partial charge in [-0.3, -0.25) is 13.9 Å². The molecule has 0 atom stereocenters. The molecule has 2 amide bonds. The van der Waals surface area contributed by atoms with E-state index in [4.69, 9.17) is 0 Å². The van der Waals surface area contributed by atoms with Crippen molar-refractivity contribution in [3.05, 3.63) is 83.9 Å². The monoisotopic (exact) mass is 511 g/mol. The molecule has 184 valence electrons. The summed E-state index contributed by atoms with van der Waals surface area (Å²) in [5, 5.41) is 2.81. The molecule has 0 aliphatic rings. The minimum atomic E-state index is -3.75. The molecule has 3 aromatic carbocycles. The van der Waals surface area contributed by atoms with Crippen molar-refractivity contribution in [1.29, 1.82) is 0 Å². The maximum absolute atomic E-state index is 13.0. The number of carbonyl (C=O) groups excluding carboxylic acids is 2. The van der Waals surface area contributed by atoms with Crippen LogP contribution in [-0.4, -0.2) is 51.5 Å². The second-order valence-corrected chi connectivity index (χ2v) is 10.5. The first-order valence-corrected chi connectivity index (χ1v) is 13.8. The van der Waals surface area contributed by atoms with Crippen LogP contribution in [0.1, 0.15) is 34.6 Å². The summed E-state index contributed by atoms with van der Waals surface area (Å²) < 4.78 is 27.2. The summed E-state index contributed by atoms with van der Waals surface area (Å²) in [5.74, 6) is -0.548. The molecule has 7 nitrogen and oxygen atoms in total. The zero-order chi connectivity index (χ0) is 25.6. The normalized spacial score (nSPS) is 11.1. The van der Waals surface area contributed by atoms with E-state index in [1.807, 2.05) is 20.1 Å². The summed E-state index contributed by atoms with van der Waals surface area (Å²) in [7, 11) is -2.27. The zero-order valence-corrected chi connectivity index (χ0v) is 21.8. The predicted octanol–water partition coefficient (Wildman–Crippen LogP) is 4.97. The number of benzene rings is 3. The Kier molecular flexibility index (Phi) is 8.58. The number of hydrogen-bond donors (Lipinski definition) is 1. The average molecular weight is 512 g/mol. The van der Waals surface area contributed by atoms with Crippen LogP contribution in [0.15, 0.2) is 82.6 Å². The lowest BCUT2D eigenvalue weighted by atomic mass is 10.1. The van der Waals surface area contributed by atoms with Gasteiger partial charge in [-0.05, 0) is 80.8 Å². The molecule has 0 unspecified atom stereocenters. The Bertz CT molecular complexity index is 1290. The van der Waals surface area contributed by atoms with Gasteiger partial charge in [0.25, 0.3) is 21.8 Å². The van der Waals surface area contributed by atoms with Crippen LogP contribution >= 0.6 is 11.8 Å². The van der Waals surface area contributed by atoms with E-state index in [-0.39, 0.29) is 10.8 Å². The standard InChI is InChI=1S/C26H29N3O4S2/c1-5-29(6-2)26(31)23-9-7-8-10-24(23)27-25(30)19-11-13-20(14-12-19)28(3)35(32,33)22-17-15-21(34-4)16-18-22/h7-18H,5-6H2,1-4H3,(H,27,30). The number of amides is 2. The largest absolute Gasteiger partial charge is 0.339 e. The molecular weight excluding hydrogens is 482 g/mol. The van der Waals surface area contributed by atoms with Gasteiger partial charge in [-0.1, -0.05) is 12.1 Å². The highest BCUT2D eigenvalue weighted by molar-refractivity contribution is 7.98. The molecule has 1 N–H and O–H groups in total. The Morgan fingerprint density at radius 2 is 1.49 bits per heavy atom. The summed E-state index contributed by atoms with van der Waals surface area (Å²) >= 11 is 1.54. The summed E-state index contributed by atoms with van der Waals surface area (Å²) in [6, 6.07) is 19.8. The van der Waals surface area contributed by atoms with E-state index >= 15 is 0 Å². The maximum atomic E-state index is 13.0. The highest BCUT2D eigenvalue weighted by Crippen LogP contribution is 2.25. The summed E-state index contributed by atoms with van der Waals surface area (Å²) in [5.41, 5.74) is 1.60. The van der Waals surface area contributed by atoms with Crippen molar-refractivity contribution in [3.8, 4) is 0 Å². The molecule has 35 heavy (non-hydrogen) atoms. The van der Waals surface area contributed by atoms with E-state index < -0.39 is 15.9 Å². The Hall–Kier alpha value is -3.30. The highest BCUT2D eigenvalue weighted by atomic mass is 32.2. The third-order valence-electron chi connectivity index (χ3n) is 5.67. The predicted molar refractivity (Wildman–Crippen MR) is 142 cm³/mol. The number of sulfonamides is 1. The Labute approximate surface area is 211 Å². The van der Waals surface area contributed by atoms with E-state index in [1.54, 1.807) is 77.7 Å². The molecule has 0 heterocycles. The first-order chi connectivity index (χ1) is 16.7. The van der Waals surface area contributed by atoms with Gasteiger partial charge in [0.1, 0.15) is 0 Å². The minimum absolute atomic E-state index is 0.154. The quantitative estimate of drug-likeness (QED) is 0.410. The van der Waals surface area contributed by atoms with Gasteiger partial charge in [-0.15, -0.1) is 11.8 Å². The van der Waals surface area contributed by atoms with Gasteiger partial charge in [-0.25, -0.2) is 8.42 Å². The average Bonchev–Trinajstić information content (AvgIpc) is 2.89. The SMILES string of the molecule is CCN(CC)C(=O)c1ccccc1NC(=O)c1ccc(N(C)S(=O)(=O)c2ccc(SC)cc2)cc1. The fourth-order valence-electron chi connectivity index (χ4n) is 3.52. The van der Waals surface area contributed by atoms with Gasteiger partial charge in [0.15, 0.2) is 0 Å². The molecule has 9 heteroatoms. The van der Waals surface area contributed by atoms with Crippen molar-refractivity contribution in [3.63, 3.8) is 0 Å². The van der Waals surface area contributed by atoms with Crippen LogP contribution in [0.2, 0.25) is 0 Å². The first-order valence-electron chi connectivity index (χ1n) is 11.2. The van der Waals surface area contributed by atoms with Crippen LogP contribution < -0.4 is 9.62 Å². The van der Waals surface area contributed by atoms with Gasteiger partial charge in [0, 0.05) is 30.6 Å². The number of thioether (sulfide) groups is 1. The number of carbonyl (C=O) groups is 2. The fourth-order valence-corrected chi connectivity index (χ4v) is 5.13. The second kappa shape index (κ2) is 11.4. The van der Waals surface area contributed by atoms with Crippen LogP contribution in [-0.2, 0) is 10.0 Å². The molecule has 0 bridgehead atoms. The number of nitrogens with one attached hydrogen (secondary N) is 1. The lowest BCUT2D eigenvalue weighted by molar-refractivity contribution is 0.0774. The number of anilines is 2. The van der Waals surface area contributed by atoms with Crippen LogP contribution in [0.5, 0.6) is 0 Å². The van der Waals surface area contributed by atoms with Crippen LogP contribution in [0, 0.1) is 0 Å². The molecule has 3 rings (SSSR count). The Balaban J connectivity index is 1.78. The van der Waals surface area contributed by atoms with E-state index in [2.05, 4.69) is 5.32 Å². The van der Waals surface area contributed by atoms with E-state index in [1.165, 1.54) is 23.1 Å². The smallest absolute Gasteiger partial charge is 0.264 e. The lowest BCUT2D eigenvalue weighted by Gasteiger charge is -2.21. The molecule has 3 aromatic rings. The maximum Gasteiger partial charge on any atom is 0.264 e. The molecule has 0 aliphatic heterocycles. The summed E-state index contributed by atoms with van der Waals surface area (Å²) in [6.07, 6.45) is 1.93. The molecule has 0 fully saturated rings. The van der Waals surface area contributed by atoms with Gasteiger partial charge in [0.05, 0.1) is 21.8 Å². The number of hydrogen-bond acceptors (Lipinski definition) is 5. The van der Waals surface area contributed by atoms with E-state index in [0.717, 1.165) is 4.90 Å². The Morgan fingerprint density at radius 3 is 2.06 bits per heavy atom. The van der Waals surface area contributed by atoms with Crippen molar-refractivity contribution in [1.82, 2.24) is 4.90 Å². The third kappa shape index (κ3) is 5.86. The second-order valence-electron chi connectivity index (χ2n) is 7.67. The van der Waals surface area contributed by atoms with Crippen molar-refractivity contribution < 1.29 is 18.0 Å². The van der Waals surface area contributed by atoms with Crippen molar-refractivity contribution in [2.45, 2.75) is 23.6 Å². The molecule has 0 aromatic heterocycles. The molecule has 0 saturated carbocycles. The fraction of sp³-hybridized carbons (Fsp3) is 0.231. The highest BCUT2D eigenvalue weighted by Gasteiger charge is 2.22. The summed E-state index contributed by atoms with van der Waals surface area (Å²) in [6.45, 7) is 4.94. The molecule has 0 aliphatic carbocycles. The van der Waals surface area contributed by atoms with Crippen molar-refractivity contribution in [2.75, 3.05) is 36.0 Å².